The molecule has 0 unspecified atom stereocenters. The Morgan fingerprint density at radius 2 is 1.25 bits per heavy atom. The van der Waals surface area contributed by atoms with E-state index in [2.05, 4.69) is 0 Å². The zero-order chi connectivity index (χ0) is 6.62. The summed E-state index contributed by atoms with van der Waals surface area (Å²) in [7, 11) is 0. The zero-order valence-electron chi connectivity index (χ0n) is 6.07. The molecule has 1 heteroatoms. The van der Waals surface area contributed by atoms with Gasteiger partial charge in [0.25, 0.3) is 0 Å². The van der Waals surface area contributed by atoms with Crippen LogP contribution in [0.4, 0.5) is 0 Å². The highest BCUT2D eigenvalue weighted by Gasteiger charge is 2.17. The zero-order valence-corrected chi connectivity index (χ0v) is 6.07. The van der Waals surface area contributed by atoms with Gasteiger partial charge in [0.1, 0.15) is 0 Å². The SMILES string of the molecule is [13CH3]C[13C](O)(C[13CH3])C[13CH3]. The van der Waals surface area contributed by atoms with Gasteiger partial charge in [-0.25, -0.2) is 0 Å². The first-order chi connectivity index (χ1) is 3.68. The van der Waals surface area contributed by atoms with E-state index in [0.29, 0.717) is 0 Å². The second kappa shape index (κ2) is 3.08. The van der Waals surface area contributed by atoms with Crippen LogP contribution < -0.4 is 0 Å². The molecule has 0 spiro atoms. The molecule has 0 rings (SSSR count). The minimum Gasteiger partial charge on any atom is -0.390 e. The van der Waals surface area contributed by atoms with E-state index in [1.54, 1.807) is 0 Å². The molecule has 0 saturated heterocycles. The van der Waals surface area contributed by atoms with Crippen LogP contribution in [0.2, 0.25) is 0 Å². The first-order valence-corrected chi connectivity index (χ1v) is 3.41. The molecule has 0 radical (unpaired) electrons. The molecule has 0 atom stereocenters. The third-order valence-corrected chi connectivity index (χ3v) is 1.97. The molecule has 50 valence electrons. The highest BCUT2D eigenvalue weighted by molar-refractivity contribution is 4.71. The summed E-state index contributed by atoms with van der Waals surface area (Å²) >= 11 is 0. The average Bonchev–Trinajstić information content (AvgIpc) is 1.87. The van der Waals surface area contributed by atoms with Crippen molar-refractivity contribution in [2.45, 2.75) is 45.6 Å². The van der Waals surface area contributed by atoms with E-state index in [4.69, 9.17) is 0 Å². The number of rotatable bonds is 3. The van der Waals surface area contributed by atoms with Crippen LogP contribution in [0, 0.1) is 0 Å². The van der Waals surface area contributed by atoms with Crippen LogP contribution in [0.1, 0.15) is 40.0 Å². The minimum absolute atomic E-state index is 0.375. The second-order valence-corrected chi connectivity index (χ2v) is 2.29. The maximum Gasteiger partial charge on any atom is 0.0640 e. The quantitative estimate of drug-likeness (QED) is 0.564. The summed E-state index contributed by atoms with van der Waals surface area (Å²) in [5.41, 5.74) is -0.375. The summed E-state index contributed by atoms with van der Waals surface area (Å²) in [6.07, 6.45) is 2.62. The van der Waals surface area contributed by atoms with Crippen LogP contribution >= 0.6 is 0 Å². The standard InChI is InChI=1S/C7H16O/c1-4-7(8,5-2)6-3/h8H,4-6H2,1-3H3/i1+1,2+1,3+1,7+1. The Kier molecular flexibility index (Phi) is 3.06. The Labute approximate surface area is 51.7 Å². The fraction of sp³-hybridized carbons (Fsp3) is 1.00. The Bertz CT molecular complexity index is 47.1. The van der Waals surface area contributed by atoms with E-state index in [-0.39, 0.29) is 5.60 Å². The molecule has 0 aliphatic heterocycles. The molecule has 0 fully saturated rings. The Hall–Kier alpha value is -0.0400. The molecule has 1 nitrogen and oxygen atoms in total. The molecule has 0 aromatic rings. The molecule has 0 aromatic heterocycles. The lowest BCUT2D eigenvalue weighted by Crippen LogP contribution is -2.24. The second-order valence-electron chi connectivity index (χ2n) is 2.29. The van der Waals surface area contributed by atoms with Crippen LogP contribution in [-0.2, 0) is 0 Å². The summed E-state index contributed by atoms with van der Waals surface area (Å²) in [6, 6.07) is 0. The van der Waals surface area contributed by atoms with Gasteiger partial charge in [-0.1, -0.05) is 20.8 Å². The molecule has 8 heavy (non-hydrogen) atoms. The van der Waals surface area contributed by atoms with Gasteiger partial charge in [-0.2, -0.15) is 0 Å². The Morgan fingerprint density at radius 1 is 1.00 bits per heavy atom. The largest absolute Gasteiger partial charge is 0.390 e. The van der Waals surface area contributed by atoms with Crippen molar-refractivity contribution in [3.63, 3.8) is 0 Å². The minimum atomic E-state index is -0.375. The third kappa shape index (κ3) is 1.83. The van der Waals surface area contributed by atoms with E-state index < -0.39 is 0 Å². The smallest absolute Gasteiger partial charge is 0.0640 e. The monoisotopic (exact) mass is 120 g/mol. The molecule has 0 bridgehead atoms. The first kappa shape index (κ1) is 7.96. The van der Waals surface area contributed by atoms with Gasteiger partial charge in [0.05, 0.1) is 5.60 Å². The fourth-order valence-electron chi connectivity index (χ4n) is 0.750. The molecule has 0 aromatic carbocycles. The first-order valence-electron chi connectivity index (χ1n) is 3.41. The van der Waals surface area contributed by atoms with E-state index in [1.807, 2.05) is 20.8 Å². The molecular weight excluding hydrogens is 104 g/mol. The lowest BCUT2D eigenvalue weighted by atomic mass is 10.4. The fourth-order valence-corrected chi connectivity index (χ4v) is 0.750. The normalized spacial score (nSPS) is 12.0. The van der Waals surface area contributed by atoms with E-state index >= 15 is 0 Å². The van der Waals surface area contributed by atoms with Crippen LogP contribution in [0.15, 0.2) is 0 Å². The van der Waals surface area contributed by atoms with Crippen molar-refractivity contribution in [2.24, 2.45) is 0 Å². The molecule has 0 heterocycles. The molecule has 1 N–H and O–H groups in total. The predicted octanol–water partition coefficient (Wildman–Crippen LogP) is 1.95. The van der Waals surface area contributed by atoms with Crippen LogP contribution in [0.5, 0.6) is 0 Å². The third-order valence-electron chi connectivity index (χ3n) is 1.97. The van der Waals surface area contributed by atoms with Gasteiger partial charge >= 0.3 is 0 Å². The van der Waals surface area contributed by atoms with E-state index in [9.17, 15) is 5.11 Å². The van der Waals surface area contributed by atoms with Gasteiger partial charge in [-0.3, -0.25) is 0 Å². The van der Waals surface area contributed by atoms with Gasteiger partial charge in [-0.15, -0.1) is 0 Å². The summed E-state index contributed by atoms with van der Waals surface area (Å²) in [5.74, 6) is 0. The lowest BCUT2D eigenvalue weighted by Gasteiger charge is -2.22. The molecule has 0 saturated carbocycles. The number of hydrogen-bond acceptors (Lipinski definition) is 1. The Balaban J connectivity index is 3.58. The molecule has 0 aliphatic carbocycles. The summed E-state index contributed by atoms with van der Waals surface area (Å²) in [4.78, 5) is 0. The van der Waals surface area contributed by atoms with Crippen molar-refractivity contribution in [1.82, 2.24) is 0 Å². The summed E-state index contributed by atoms with van der Waals surface area (Å²) in [6.45, 7) is 6.06. The van der Waals surface area contributed by atoms with Gasteiger partial charge in [0.2, 0.25) is 0 Å². The van der Waals surface area contributed by atoms with Crippen molar-refractivity contribution >= 4 is 0 Å². The van der Waals surface area contributed by atoms with Gasteiger partial charge in [0.15, 0.2) is 0 Å². The number of aliphatic hydroxyl groups is 1. The van der Waals surface area contributed by atoms with Crippen molar-refractivity contribution in [3.8, 4) is 0 Å². The lowest BCUT2D eigenvalue weighted by molar-refractivity contribution is 0.0285. The maximum atomic E-state index is 9.44. The van der Waals surface area contributed by atoms with Gasteiger partial charge in [-0.05, 0) is 19.3 Å². The maximum absolute atomic E-state index is 9.44. The van der Waals surface area contributed by atoms with Crippen molar-refractivity contribution < 1.29 is 5.11 Å². The summed E-state index contributed by atoms with van der Waals surface area (Å²) in [5, 5.41) is 9.44. The van der Waals surface area contributed by atoms with Crippen molar-refractivity contribution in [2.75, 3.05) is 0 Å². The Morgan fingerprint density at radius 3 is 1.25 bits per heavy atom. The van der Waals surface area contributed by atoms with E-state index in [1.165, 1.54) is 0 Å². The van der Waals surface area contributed by atoms with Crippen molar-refractivity contribution in [1.29, 1.82) is 0 Å². The average molecular weight is 120 g/mol. The summed E-state index contributed by atoms with van der Waals surface area (Å²) < 4.78 is 0. The molecule has 0 aliphatic rings. The highest BCUT2D eigenvalue weighted by atomic mass is 16.4. The van der Waals surface area contributed by atoms with Crippen LogP contribution in [0.3, 0.4) is 0 Å². The topological polar surface area (TPSA) is 20.2 Å². The van der Waals surface area contributed by atoms with Gasteiger partial charge < -0.3 is 5.11 Å². The highest BCUT2D eigenvalue weighted by Crippen LogP contribution is 2.17. The number of hydrogen-bond donors (Lipinski definition) is 1. The predicted molar refractivity (Wildman–Crippen MR) is 35.8 cm³/mol. The van der Waals surface area contributed by atoms with Gasteiger partial charge in [0, 0.05) is 0 Å². The van der Waals surface area contributed by atoms with Crippen molar-refractivity contribution in [3.05, 3.63) is 0 Å². The molecule has 0 amide bonds. The van der Waals surface area contributed by atoms with E-state index in [0.717, 1.165) is 19.3 Å². The van der Waals surface area contributed by atoms with Crippen LogP contribution in [-0.4, -0.2) is 10.7 Å². The van der Waals surface area contributed by atoms with Crippen LogP contribution in [0.25, 0.3) is 0 Å². The molecular formula is C7H16O.